The second-order valence-electron chi connectivity index (χ2n) is 4.90. The van der Waals surface area contributed by atoms with E-state index in [1.807, 2.05) is 56.3 Å². The highest BCUT2D eigenvalue weighted by molar-refractivity contribution is 5.39. The third kappa shape index (κ3) is 4.25. The predicted octanol–water partition coefficient (Wildman–Crippen LogP) is 3.83. The molecule has 0 N–H and O–H groups in total. The topological polar surface area (TPSA) is 42.2 Å². The van der Waals surface area contributed by atoms with Crippen molar-refractivity contribution in [3.05, 3.63) is 59.2 Å². The summed E-state index contributed by atoms with van der Waals surface area (Å²) in [4.78, 5) is 0. The summed E-state index contributed by atoms with van der Waals surface area (Å²) < 4.78 is 11.4. The quantitative estimate of drug-likeness (QED) is 0.756. The Morgan fingerprint density at radius 2 is 1.52 bits per heavy atom. The molecule has 0 aliphatic heterocycles. The van der Waals surface area contributed by atoms with Crippen LogP contribution in [0.3, 0.4) is 0 Å². The minimum Gasteiger partial charge on any atom is -0.490 e. The van der Waals surface area contributed by atoms with Gasteiger partial charge in [0.05, 0.1) is 12.5 Å². The lowest BCUT2D eigenvalue weighted by atomic mass is 10.1. The number of benzene rings is 2. The Hall–Kier alpha value is -2.47. The Kier molecular flexibility index (Phi) is 5.22. The standard InChI is InChI=1S/C18H19NO2/c1-14-4-3-5-15(2)18(14)21-13-12-20-17-8-6-16(7-9-17)10-11-19/h3-9H,10,12-13H2,1-2H3. The molecule has 0 aliphatic carbocycles. The van der Waals surface area contributed by atoms with Crippen LogP contribution in [0.15, 0.2) is 42.5 Å². The fourth-order valence-electron chi connectivity index (χ4n) is 2.12. The Balaban J connectivity index is 1.81. The Bertz CT molecular complexity index is 606. The van der Waals surface area contributed by atoms with Crippen LogP contribution in [0.25, 0.3) is 0 Å². The van der Waals surface area contributed by atoms with Crippen LogP contribution in [-0.4, -0.2) is 13.2 Å². The molecule has 3 heteroatoms. The lowest BCUT2D eigenvalue weighted by molar-refractivity contribution is 0.215. The highest BCUT2D eigenvalue weighted by atomic mass is 16.5. The number of rotatable bonds is 6. The summed E-state index contributed by atoms with van der Waals surface area (Å²) in [6.07, 6.45) is 0.427. The van der Waals surface area contributed by atoms with Gasteiger partial charge in [-0.05, 0) is 42.7 Å². The number of para-hydroxylation sites is 1. The van der Waals surface area contributed by atoms with Crippen molar-refractivity contribution < 1.29 is 9.47 Å². The smallest absolute Gasteiger partial charge is 0.125 e. The highest BCUT2D eigenvalue weighted by Crippen LogP contribution is 2.22. The third-order valence-corrected chi connectivity index (χ3v) is 3.21. The molecule has 0 fully saturated rings. The molecule has 0 spiro atoms. The number of nitrogens with zero attached hydrogens (tertiary/aromatic N) is 1. The van der Waals surface area contributed by atoms with E-state index in [2.05, 4.69) is 6.07 Å². The van der Waals surface area contributed by atoms with E-state index in [0.29, 0.717) is 19.6 Å². The van der Waals surface area contributed by atoms with Crippen LogP contribution < -0.4 is 9.47 Å². The molecule has 0 heterocycles. The van der Waals surface area contributed by atoms with Crippen LogP contribution in [0.5, 0.6) is 11.5 Å². The molecule has 0 radical (unpaired) electrons. The van der Waals surface area contributed by atoms with Gasteiger partial charge >= 0.3 is 0 Å². The summed E-state index contributed by atoms with van der Waals surface area (Å²) in [5.41, 5.74) is 3.27. The van der Waals surface area contributed by atoms with E-state index in [1.54, 1.807) is 0 Å². The predicted molar refractivity (Wildman–Crippen MR) is 82.7 cm³/mol. The molecule has 108 valence electrons. The average molecular weight is 281 g/mol. The number of hydrogen-bond acceptors (Lipinski definition) is 3. The molecule has 0 aromatic heterocycles. The molecule has 3 nitrogen and oxygen atoms in total. The van der Waals surface area contributed by atoms with Crippen molar-refractivity contribution in [2.45, 2.75) is 20.3 Å². The summed E-state index contributed by atoms with van der Waals surface area (Å²) in [7, 11) is 0. The first-order chi connectivity index (χ1) is 10.2. The fourth-order valence-corrected chi connectivity index (χ4v) is 2.12. The fraction of sp³-hybridized carbons (Fsp3) is 0.278. The van der Waals surface area contributed by atoms with Gasteiger partial charge in [0.2, 0.25) is 0 Å². The van der Waals surface area contributed by atoms with Crippen LogP contribution >= 0.6 is 0 Å². The van der Waals surface area contributed by atoms with Crippen molar-refractivity contribution in [1.29, 1.82) is 5.26 Å². The van der Waals surface area contributed by atoms with Crippen molar-refractivity contribution in [2.75, 3.05) is 13.2 Å². The Morgan fingerprint density at radius 3 is 2.14 bits per heavy atom. The van der Waals surface area contributed by atoms with E-state index in [4.69, 9.17) is 14.7 Å². The number of nitriles is 1. The SMILES string of the molecule is Cc1cccc(C)c1OCCOc1ccc(CC#N)cc1. The molecule has 21 heavy (non-hydrogen) atoms. The summed E-state index contributed by atoms with van der Waals surface area (Å²) in [6.45, 7) is 5.07. The largest absolute Gasteiger partial charge is 0.490 e. The van der Waals surface area contributed by atoms with Gasteiger partial charge in [0.25, 0.3) is 0 Å². The van der Waals surface area contributed by atoms with Crippen LogP contribution in [-0.2, 0) is 6.42 Å². The van der Waals surface area contributed by atoms with E-state index < -0.39 is 0 Å². The lowest BCUT2D eigenvalue weighted by Crippen LogP contribution is -2.10. The molecular formula is C18H19NO2. The van der Waals surface area contributed by atoms with Crippen molar-refractivity contribution in [2.24, 2.45) is 0 Å². The van der Waals surface area contributed by atoms with Gasteiger partial charge < -0.3 is 9.47 Å². The summed E-state index contributed by atoms with van der Waals surface area (Å²) in [5, 5.41) is 8.62. The Morgan fingerprint density at radius 1 is 0.905 bits per heavy atom. The van der Waals surface area contributed by atoms with Crippen LogP contribution in [0, 0.1) is 25.2 Å². The monoisotopic (exact) mass is 281 g/mol. The molecule has 0 bridgehead atoms. The zero-order valence-electron chi connectivity index (χ0n) is 12.4. The van der Waals surface area contributed by atoms with Gasteiger partial charge in [0.1, 0.15) is 24.7 Å². The summed E-state index contributed by atoms with van der Waals surface area (Å²) in [6, 6.07) is 15.8. The maximum Gasteiger partial charge on any atom is 0.125 e. The highest BCUT2D eigenvalue weighted by Gasteiger charge is 2.03. The van der Waals surface area contributed by atoms with Gasteiger partial charge in [0.15, 0.2) is 0 Å². The number of hydrogen-bond donors (Lipinski definition) is 0. The second-order valence-corrected chi connectivity index (χ2v) is 4.90. The molecule has 0 atom stereocenters. The zero-order valence-corrected chi connectivity index (χ0v) is 12.4. The van der Waals surface area contributed by atoms with E-state index in [9.17, 15) is 0 Å². The number of ether oxygens (including phenoxy) is 2. The van der Waals surface area contributed by atoms with E-state index in [0.717, 1.165) is 28.2 Å². The molecular weight excluding hydrogens is 262 g/mol. The maximum absolute atomic E-state index is 8.62. The molecule has 0 unspecified atom stereocenters. The van der Waals surface area contributed by atoms with Crippen LogP contribution in [0.4, 0.5) is 0 Å². The Labute approximate surface area is 125 Å². The third-order valence-electron chi connectivity index (χ3n) is 3.21. The minimum atomic E-state index is 0.427. The number of aryl methyl sites for hydroxylation is 2. The molecule has 0 saturated heterocycles. The summed E-state index contributed by atoms with van der Waals surface area (Å²) in [5.74, 6) is 1.73. The van der Waals surface area contributed by atoms with Crippen molar-refractivity contribution in [1.82, 2.24) is 0 Å². The maximum atomic E-state index is 8.62. The van der Waals surface area contributed by atoms with Crippen LogP contribution in [0.2, 0.25) is 0 Å². The molecule has 0 saturated carbocycles. The van der Waals surface area contributed by atoms with E-state index in [1.165, 1.54) is 0 Å². The molecule has 0 amide bonds. The normalized spacial score (nSPS) is 9.95. The van der Waals surface area contributed by atoms with Gasteiger partial charge in [-0.1, -0.05) is 30.3 Å². The van der Waals surface area contributed by atoms with Crippen molar-refractivity contribution in [3.63, 3.8) is 0 Å². The zero-order chi connectivity index (χ0) is 15.1. The van der Waals surface area contributed by atoms with Gasteiger partial charge in [-0.15, -0.1) is 0 Å². The average Bonchev–Trinajstić information content (AvgIpc) is 2.48. The van der Waals surface area contributed by atoms with Crippen molar-refractivity contribution >= 4 is 0 Å². The first-order valence-corrected chi connectivity index (χ1v) is 6.98. The molecule has 2 aromatic rings. The molecule has 2 rings (SSSR count). The van der Waals surface area contributed by atoms with Gasteiger partial charge in [-0.3, -0.25) is 0 Å². The summed E-state index contributed by atoms with van der Waals surface area (Å²) >= 11 is 0. The molecule has 2 aromatic carbocycles. The van der Waals surface area contributed by atoms with E-state index in [-0.39, 0.29) is 0 Å². The lowest BCUT2D eigenvalue weighted by Gasteiger charge is -2.12. The van der Waals surface area contributed by atoms with Crippen molar-refractivity contribution in [3.8, 4) is 17.6 Å². The first-order valence-electron chi connectivity index (χ1n) is 6.98. The minimum absolute atomic E-state index is 0.427. The van der Waals surface area contributed by atoms with E-state index >= 15 is 0 Å². The van der Waals surface area contributed by atoms with Gasteiger partial charge in [-0.2, -0.15) is 5.26 Å². The van der Waals surface area contributed by atoms with Gasteiger partial charge in [0, 0.05) is 0 Å². The van der Waals surface area contributed by atoms with Crippen LogP contribution in [0.1, 0.15) is 16.7 Å². The van der Waals surface area contributed by atoms with Gasteiger partial charge in [-0.25, -0.2) is 0 Å². The second kappa shape index (κ2) is 7.35. The first kappa shape index (κ1) is 14.9. The molecule has 0 aliphatic rings.